The smallest absolute Gasteiger partial charge is 0.222 e. The van der Waals surface area contributed by atoms with E-state index in [1.165, 1.54) is 5.56 Å². The first kappa shape index (κ1) is 15.5. The molecule has 114 valence electrons. The van der Waals surface area contributed by atoms with Gasteiger partial charge in [-0.3, -0.25) is 4.79 Å². The molecular formula is C16H24N4O. The van der Waals surface area contributed by atoms with E-state index in [-0.39, 0.29) is 17.4 Å². The Balaban J connectivity index is 2.32. The van der Waals surface area contributed by atoms with Crippen molar-refractivity contribution in [3.63, 3.8) is 0 Å². The fourth-order valence-corrected chi connectivity index (χ4v) is 2.22. The minimum absolute atomic E-state index is 0.0527. The molecule has 1 unspecified atom stereocenters. The van der Waals surface area contributed by atoms with Crippen LogP contribution in [0.5, 0.6) is 0 Å². The van der Waals surface area contributed by atoms with Crippen molar-refractivity contribution in [2.45, 2.75) is 46.3 Å². The van der Waals surface area contributed by atoms with Crippen molar-refractivity contribution in [2.24, 2.45) is 11.7 Å². The Morgan fingerprint density at radius 1 is 1.48 bits per heavy atom. The van der Waals surface area contributed by atoms with Gasteiger partial charge >= 0.3 is 0 Å². The molecule has 2 rings (SSSR count). The second kappa shape index (κ2) is 5.85. The number of primary amides is 1. The summed E-state index contributed by atoms with van der Waals surface area (Å²) in [6, 6.07) is 4.00. The number of hydrogen-bond donors (Lipinski definition) is 2. The van der Waals surface area contributed by atoms with Crippen LogP contribution in [0.3, 0.4) is 0 Å². The van der Waals surface area contributed by atoms with Gasteiger partial charge in [0.25, 0.3) is 0 Å². The molecule has 1 atom stereocenters. The summed E-state index contributed by atoms with van der Waals surface area (Å²) in [5.41, 5.74) is 7.50. The van der Waals surface area contributed by atoms with Crippen molar-refractivity contribution in [2.75, 3.05) is 0 Å². The van der Waals surface area contributed by atoms with Crippen LogP contribution in [0, 0.1) is 5.92 Å². The zero-order valence-electron chi connectivity index (χ0n) is 13.2. The molecule has 0 bridgehead atoms. The van der Waals surface area contributed by atoms with Gasteiger partial charge in [-0.25, -0.2) is 4.98 Å². The number of carbonyl (C=O) groups is 1. The molecular weight excluding hydrogens is 264 g/mol. The number of aromatic nitrogens is 2. The number of nitrogens with two attached hydrogens (primary N) is 1. The lowest BCUT2D eigenvalue weighted by molar-refractivity contribution is -0.121. The van der Waals surface area contributed by atoms with Crippen molar-refractivity contribution in [3.05, 3.63) is 30.1 Å². The molecule has 0 radical (unpaired) electrons. The number of hydrogen-bond acceptors (Lipinski definition) is 3. The Hall–Kier alpha value is -1.88. The monoisotopic (exact) mass is 288 g/mol. The molecule has 5 heteroatoms. The van der Waals surface area contributed by atoms with E-state index in [1.807, 2.05) is 17.6 Å². The summed E-state index contributed by atoms with van der Waals surface area (Å²) in [7, 11) is 0. The highest BCUT2D eigenvalue weighted by Crippen LogP contribution is 2.21. The van der Waals surface area contributed by atoms with Gasteiger partial charge in [-0.05, 0) is 38.5 Å². The number of amides is 1. The lowest BCUT2D eigenvalue weighted by Gasteiger charge is -2.20. The van der Waals surface area contributed by atoms with Crippen LogP contribution in [-0.4, -0.2) is 21.0 Å². The molecule has 0 aliphatic carbocycles. The molecule has 21 heavy (non-hydrogen) atoms. The van der Waals surface area contributed by atoms with Crippen LogP contribution >= 0.6 is 0 Å². The molecule has 2 aromatic rings. The van der Waals surface area contributed by atoms with E-state index in [2.05, 4.69) is 43.3 Å². The van der Waals surface area contributed by atoms with Gasteiger partial charge in [-0.15, -0.1) is 0 Å². The normalized spacial score (nSPS) is 13.5. The van der Waals surface area contributed by atoms with Crippen LogP contribution in [0.25, 0.3) is 11.0 Å². The molecule has 0 saturated carbocycles. The van der Waals surface area contributed by atoms with Gasteiger partial charge in [0.1, 0.15) is 5.65 Å². The average Bonchev–Trinajstić information content (AvgIpc) is 2.74. The molecule has 0 fully saturated rings. The van der Waals surface area contributed by atoms with Gasteiger partial charge in [-0.2, -0.15) is 0 Å². The Morgan fingerprint density at radius 3 is 2.81 bits per heavy atom. The summed E-state index contributed by atoms with van der Waals surface area (Å²) in [4.78, 5) is 15.7. The van der Waals surface area contributed by atoms with Crippen LogP contribution in [0.15, 0.2) is 24.5 Å². The first-order chi connectivity index (χ1) is 9.78. The largest absolute Gasteiger partial charge is 0.369 e. The SMILES string of the molecule is CC(Cn1cc(CNC(C)(C)C)c2cccnc21)C(N)=O. The number of pyridine rings is 1. The Kier molecular flexibility index (Phi) is 4.32. The first-order valence-corrected chi connectivity index (χ1v) is 7.25. The van der Waals surface area contributed by atoms with Crippen molar-refractivity contribution < 1.29 is 4.79 Å². The minimum Gasteiger partial charge on any atom is -0.369 e. The van der Waals surface area contributed by atoms with Crippen LogP contribution in [0.4, 0.5) is 0 Å². The van der Waals surface area contributed by atoms with E-state index in [0.717, 1.165) is 17.6 Å². The minimum atomic E-state index is -0.290. The number of nitrogens with zero attached hydrogens (tertiary/aromatic N) is 2. The maximum atomic E-state index is 11.3. The predicted molar refractivity (Wildman–Crippen MR) is 84.7 cm³/mol. The molecule has 0 aliphatic rings. The highest BCUT2D eigenvalue weighted by Gasteiger charge is 2.16. The first-order valence-electron chi connectivity index (χ1n) is 7.25. The second-order valence-electron chi connectivity index (χ2n) is 6.59. The van der Waals surface area contributed by atoms with Gasteiger partial charge in [0.15, 0.2) is 0 Å². The van der Waals surface area contributed by atoms with Crippen LogP contribution in [0.1, 0.15) is 33.3 Å². The van der Waals surface area contributed by atoms with Gasteiger partial charge in [-0.1, -0.05) is 6.92 Å². The fraction of sp³-hybridized carbons (Fsp3) is 0.500. The molecule has 0 spiro atoms. The molecule has 1 amide bonds. The lowest BCUT2D eigenvalue weighted by atomic mass is 10.1. The summed E-state index contributed by atoms with van der Waals surface area (Å²) < 4.78 is 2.02. The van der Waals surface area contributed by atoms with Crippen molar-refractivity contribution in [1.29, 1.82) is 0 Å². The lowest BCUT2D eigenvalue weighted by Crippen LogP contribution is -2.35. The number of rotatable bonds is 5. The van der Waals surface area contributed by atoms with E-state index >= 15 is 0 Å². The van der Waals surface area contributed by atoms with E-state index in [0.29, 0.717) is 6.54 Å². The van der Waals surface area contributed by atoms with E-state index in [4.69, 9.17) is 5.73 Å². The highest BCUT2D eigenvalue weighted by molar-refractivity contribution is 5.81. The van der Waals surface area contributed by atoms with Crippen LogP contribution in [0.2, 0.25) is 0 Å². The van der Waals surface area contributed by atoms with E-state index < -0.39 is 0 Å². The molecule has 0 aromatic carbocycles. The zero-order chi connectivity index (χ0) is 15.6. The number of carbonyl (C=O) groups excluding carboxylic acids is 1. The number of nitrogens with one attached hydrogen (secondary N) is 1. The molecule has 2 heterocycles. The van der Waals surface area contributed by atoms with Gasteiger partial charge in [0.2, 0.25) is 5.91 Å². The third-order valence-corrected chi connectivity index (χ3v) is 3.48. The van der Waals surface area contributed by atoms with Crippen LogP contribution in [-0.2, 0) is 17.9 Å². The summed E-state index contributed by atoms with van der Waals surface area (Å²) in [6.45, 7) is 9.57. The van der Waals surface area contributed by atoms with Crippen LogP contribution < -0.4 is 11.1 Å². The third-order valence-electron chi connectivity index (χ3n) is 3.48. The molecule has 0 saturated heterocycles. The van der Waals surface area contributed by atoms with Crippen molar-refractivity contribution in [3.8, 4) is 0 Å². The van der Waals surface area contributed by atoms with Gasteiger partial charge < -0.3 is 15.6 Å². The summed E-state index contributed by atoms with van der Waals surface area (Å²) >= 11 is 0. The fourth-order valence-electron chi connectivity index (χ4n) is 2.22. The Morgan fingerprint density at radius 2 is 2.19 bits per heavy atom. The Bertz CT molecular complexity index is 639. The topological polar surface area (TPSA) is 72.9 Å². The maximum absolute atomic E-state index is 11.3. The van der Waals surface area contributed by atoms with E-state index in [9.17, 15) is 4.79 Å². The summed E-state index contributed by atoms with van der Waals surface area (Å²) in [6.07, 6.45) is 3.84. The molecule has 2 aromatic heterocycles. The third kappa shape index (κ3) is 3.82. The average molecular weight is 288 g/mol. The summed E-state index contributed by atoms with van der Waals surface area (Å²) in [5, 5.41) is 4.60. The molecule has 0 aliphatic heterocycles. The Labute approximate surface area is 125 Å². The van der Waals surface area contributed by atoms with Gasteiger partial charge in [0, 0.05) is 36.4 Å². The molecule has 5 nitrogen and oxygen atoms in total. The highest BCUT2D eigenvalue weighted by atomic mass is 16.1. The van der Waals surface area contributed by atoms with E-state index in [1.54, 1.807) is 6.20 Å². The number of fused-ring (bicyclic) bond motifs is 1. The van der Waals surface area contributed by atoms with Gasteiger partial charge in [0.05, 0.1) is 5.92 Å². The molecule has 3 N–H and O–H groups in total. The second-order valence-corrected chi connectivity index (χ2v) is 6.59. The summed E-state index contributed by atoms with van der Waals surface area (Å²) in [5.74, 6) is -0.506. The maximum Gasteiger partial charge on any atom is 0.222 e. The predicted octanol–water partition coefficient (Wildman–Crippen LogP) is 2.05. The standard InChI is InChI=1S/C16H24N4O/c1-11(14(17)21)9-20-10-12(8-19-16(2,3)4)13-6-5-7-18-15(13)20/h5-7,10-11,19H,8-9H2,1-4H3,(H2,17,21). The zero-order valence-corrected chi connectivity index (χ0v) is 13.2. The quantitative estimate of drug-likeness (QED) is 0.884. The van der Waals surface area contributed by atoms with Crippen molar-refractivity contribution >= 4 is 16.9 Å². The van der Waals surface area contributed by atoms with Crippen molar-refractivity contribution in [1.82, 2.24) is 14.9 Å².